The predicted molar refractivity (Wildman–Crippen MR) is 102 cm³/mol. The highest BCUT2D eigenvalue weighted by Gasteiger charge is 2.68. The van der Waals surface area contributed by atoms with Crippen LogP contribution >= 0.6 is 0 Å². The normalized spacial score (nSPS) is 51.3. The van der Waals surface area contributed by atoms with Crippen LogP contribution in [-0.4, -0.2) is 51.9 Å². The number of aliphatic hydroxyl groups excluding tert-OH is 2. The van der Waals surface area contributed by atoms with Crippen LogP contribution in [0.5, 0.6) is 0 Å². The van der Waals surface area contributed by atoms with Crippen LogP contribution in [0.25, 0.3) is 0 Å². The molecule has 0 bridgehead atoms. The lowest BCUT2D eigenvalue weighted by Crippen LogP contribution is -2.68. The molecule has 162 valence electrons. The zero-order chi connectivity index (χ0) is 21.4. The van der Waals surface area contributed by atoms with Gasteiger partial charge in [0.2, 0.25) is 5.79 Å². The van der Waals surface area contributed by atoms with E-state index in [4.69, 9.17) is 9.47 Å². The van der Waals surface area contributed by atoms with Gasteiger partial charge in [-0.3, -0.25) is 4.79 Å². The Morgan fingerprint density at radius 1 is 1.34 bits per heavy atom. The van der Waals surface area contributed by atoms with Gasteiger partial charge in [0.25, 0.3) is 0 Å². The third kappa shape index (κ3) is 2.81. The van der Waals surface area contributed by atoms with Crippen LogP contribution in [0.3, 0.4) is 0 Å². The van der Waals surface area contributed by atoms with E-state index in [1.165, 1.54) is 13.0 Å². The fourth-order valence-corrected chi connectivity index (χ4v) is 7.43. The van der Waals surface area contributed by atoms with E-state index < -0.39 is 40.8 Å². The van der Waals surface area contributed by atoms with Crippen LogP contribution < -0.4 is 0 Å². The summed E-state index contributed by atoms with van der Waals surface area (Å²) in [5, 5.41) is 32.9. The molecule has 7 heteroatoms. The fraction of sp³-hybridized carbons (Fsp3) is 0.818. The highest BCUT2D eigenvalue weighted by Crippen LogP contribution is 2.67. The molecule has 1 heterocycles. The lowest BCUT2D eigenvalue weighted by Gasteiger charge is -2.65. The molecule has 29 heavy (non-hydrogen) atoms. The van der Waals surface area contributed by atoms with Crippen molar-refractivity contribution in [3.8, 4) is 0 Å². The van der Waals surface area contributed by atoms with Gasteiger partial charge in [0, 0.05) is 37.5 Å². The van der Waals surface area contributed by atoms with E-state index in [1.807, 2.05) is 13.8 Å². The molecule has 7 nitrogen and oxygen atoms in total. The van der Waals surface area contributed by atoms with Gasteiger partial charge in [-0.15, -0.1) is 0 Å². The molecule has 3 saturated carbocycles. The second-order valence-electron chi connectivity index (χ2n) is 10.2. The van der Waals surface area contributed by atoms with Gasteiger partial charge in [0.1, 0.15) is 6.10 Å². The Balaban J connectivity index is 1.85. The van der Waals surface area contributed by atoms with Gasteiger partial charge in [-0.2, -0.15) is 0 Å². The molecule has 3 N–H and O–H groups in total. The molecule has 0 amide bonds. The summed E-state index contributed by atoms with van der Waals surface area (Å²) in [7, 11) is 0. The Morgan fingerprint density at radius 2 is 2.03 bits per heavy atom. The first-order valence-corrected chi connectivity index (χ1v) is 10.6. The Morgan fingerprint density at radius 3 is 2.66 bits per heavy atom. The average Bonchev–Trinajstić information content (AvgIpc) is 2.93. The van der Waals surface area contributed by atoms with Crippen LogP contribution in [0, 0.1) is 34.5 Å². The smallest absolute Gasteiger partial charge is 0.333 e. The number of esters is 2. The minimum Gasteiger partial charge on any atom is -0.459 e. The minimum atomic E-state index is -1.65. The molecule has 0 aromatic rings. The van der Waals surface area contributed by atoms with Crippen molar-refractivity contribution < 1.29 is 34.4 Å². The SMILES string of the molecule is CC(=O)O[C@@H]1[C@H](O)[C@@H]2[C@H](C)C3=CC(=O)O[C@]3(O)C[C@@H]2[C@]2(C)CCC[C@@](C)(CO)[C@@H]12. The largest absolute Gasteiger partial charge is 0.459 e. The topological polar surface area (TPSA) is 113 Å². The van der Waals surface area contributed by atoms with Crippen LogP contribution in [0.1, 0.15) is 53.4 Å². The third-order valence-electron chi connectivity index (χ3n) is 8.52. The maximum atomic E-state index is 11.9. The Bertz CT molecular complexity index is 762. The van der Waals surface area contributed by atoms with Gasteiger partial charge in [0.05, 0.1) is 6.10 Å². The summed E-state index contributed by atoms with van der Waals surface area (Å²) in [4.78, 5) is 23.9. The van der Waals surface area contributed by atoms with Gasteiger partial charge in [0.15, 0.2) is 0 Å². The standard InChI is InChI=1S/C22H32O7/c1-11-13-8-15(25)29-22(13,27)9-14-16(11)17(26)18(28-12(2)24)19-20(3,10-23)6-5-7-21(14,19)4/h8,11,14,16-19,23,26-27H,5-7,9-10H2,1-4H3/t11-,14+,16-,17-,18-,19-,20+,21+,22-/m1/s1. The van der Waals surface area contributed by atoms with E-state index in [0.717, 1.165) is 19.3 Å². The van der Waals surface area contributed by atoms with E-state index in [9.17, 15) is 24.9 Å². The highest BCUT2D eigenvalue weighted by molar-refractivity contribution is 5.86. The Kier molecular flexibility index (Phi) is 4.69. The van der Waals surface area contributed by atoms with Crippen LogP contribution in [0.15, 0.2) is 11.6 Å². The second-order valence-corrected chi connectivity index (χ2v) is 10.2. The van der Waals surface area contributed by atoms with Crippen LogP contribution in [0.2, 0.25) is 0 Å². The first-order chi connectivity index (χ1) is 13.5. The van der Waals surface area contributed by atoms with Crippen molar-refractivity contribution in [2.75, 3.05) is 6.61 Å². The van der Waals surface area contributed by atoms with Gasteiger partial charge in [-0.25, -0.2) is 4.79 Å². The summed E-state index contributed by atoms with van der Waals surface area (Å²) in [6.07, 6.45) is 2.33. The molecule has 3 fully saturated rings. The van der Waals surface area contributed by atoms with E-state index in [0.29, 0.717) is 5.57 Å². The minimum absolute atomic E-state index is 0.0743. The number of rotatable bonds is 2. The fourth-order valence-electron chi connectivity index (χ4n) is 7.43. The monoisotopic (exact) mass is 408 g/mol. The first-order valence-electron chi connectivity index (χ1n) is 10.6. The molecule has 0 unspecified atom stereocenters. The molecule has 1 aliphatic heterocycles. The first kappa shape index (κ1) is 20.8. The molecule has 0 radical (unpaired) electrons. The molecular weight excluding hydrogens is 376 g/mol. The van der Waals surface area contributed by atoms with Gasteiger partial charge >= 0.3 is 11.9 Å². The predicted octanol–water partition coefficient (Wildman–Crippen LogP) is 1.54. The molecule has 4 aliphatic rings. The summed E-state index contributed by atoms with van der Waals surface area (Å²) >= 11 is 0. The summed E-state index contributed by atoms with van der Waals surface area (Å²) in [6.45, 7) is 7.26. The van der Waals surface area contributed by atoms with E-state index in [1.54, 1.807) is 0 Å². The summed E-state index contributed by atoms with van der Waals surface area (Å²) in [6, 6.07) is 0. The number of ether oxygens (including phenoxy) is 2. The summed E-state index contributed by atoms with van der Waals surface area (Å²) < 4.78 is 11.0. The van der Waals surface area contributed by atoms with Gasteiger partial charge in [-0.05, 0) is 41.4 Å². The quantitative estimate of drug-likeness (QED) is 0.594. The highest BCUT2D eigenvalue weighted by atomic mass is 16.7. The summed E-state index contributed by atoms with van der Waals surface area (Å²) in [5.41, 5.74) is -0.426. The van der Waals surface area contributed by atoms with Crippen molar-refractivity contribution in [3.63, 3.8) is 0 Å². The lowest BCUT2D eigenvalue weighted by molar-refractivity contribution is -0.269. The maximum Gasteiger partial charge on any atom is 0.333 e. The lowest BCUT2D eigenvalue weighted by atomic mass is 9.41. The van der Waals surface area contributed by atoms with Crippen LogP contribution in [0.4, 0.5) is 0 Å². The third-order valence-corrected chi connectivity index (χ3v) is 8.52. The number of hydrogen-bond acceptors (Lipinski definition) is 7. The van der Waals surface area contributed by atoms with E-state index in [-0.39, 0.29) is 36.7 Å². The van der Waals surface area contributed by atoms with Gasteiger partial charge in [-0.1, -0.05) is 27.2 Å². The number of aliphatic hydroxyl groups is 3. The van der Waals surface area contributed by atoms with E-state index >= 15 is 0 Å². The van der Waals surface area contributed by atoms with E-state index in [2.05, 4.69) is 6.92 Å². The molecule has 3 aliphatic carbocycles. The molecule has 0 saturated heterocycles. The zero-order valence-electron chi connectivity index (χ0n) is 17.6. The average molecular weight is 408 g/mol. The number of carbonyl (C=O) groups excluding carboxylic acids is 2. The van der Waals surface area contributed by atoms with Crippen molar-refractivity contribution in [3.05, 3.63) is 11.6 Å². The molecule has 0 aromatic heterocycles. The van der Waals surface area contributed by atoms with Crippen molar-refractivity contribution in [2.45, 2.75) is 71.4 Å². The van der Waals surface area contributed by atoms with Crippen molar-refractivity contribution in [1.29, 1.82) is 0 Å². The maximum absolute atomic E-state index is 11.9. The summed E-state index contributed by atoms with van der Waals surface area (Å²) in [5.74, 6) is -3.69. The number of hydrogen-bond donors (Lipinski definition) is 3. The molecular formula is C22H32O7. The Hall–Kier alpha value is -1.44. The molecule has 4 rings (SSSR count). The van der Waals surface area contributed by atoms with Crippen molar-refractivity contribution in [1.82, 2.24) is 0 Å². The van der Waals surface area contributed by atoms with Crippen molar-refractivity contribution in [2.24, 2.45) is 34.5 Å². The van der Waals surface area contributed by atoms with Crippen LogP contribution in [-0.2, 0) is 19.1 Å². The zero-order valence-corrected chi connectivity index (χ0v) is 17.6. The van der Waals surface area contributed by atoms with Gasteiger partial charge < -0.3 is 24.8 Å². The Labute approximate surface area is 171 Å². The molecule has 9 atom stereocenters. The molecule has 0 aromatic carbocycles. The molecule has 0 spiro atoms. The number of fused-ring (bicyclic) bond motifs is 4. The van der Waals surface area contributed by atoms with Crippen molar-refractivity contribution >= 4 is 11.9 Å². The number of carbonyl (C=O) groups is 2. The second kappa shape index (κ2) is 6.53.